The van der Waals surface area contributed by atoms with E-state index in [2.05, 4.69) is 42.1 Å². The Hall–Kier alpha value is -1.57. The normalized spacial score (nSPS) is 19.2. The Morgan fingerprint density at radius 2 is 2.18 bits per heavy atom. The van der Waals surface area contributed by atoms with E-state index in [1.54, 1.807) is 0 Å². The number of benzene rings is 1. The van der Waals surface area contributed by atoms with Crippen molar-refractivity contribution in [3.63, 3.8) is 0 Å². The van der Waals surface area contributed by atoms with Gasteiger partial charge in [-0.25, -0.2) is 4.98 Å². The van der Waals surface area contributed by atoms with Gasteiger partial charge in [0.25, 0.3) is 0 Å². The van der Waals surface area contributed by atoms with Crippen molar-refractivity contribution in [2.75, 3.05) is 0 Å². The molecular weight excluding hydrogens is 208 g/mol. The summed E-state index contributed by atoms with van der Waals surface area (Å²) in [7, 11) is 0. The standard InChI is InChI=1S/C15H18N2/c1-4-11-6-5-7-13-14(11)17(10-16-13)12-8-15(2,3)9-12/h4-7,10,12H,1,8-9H2,2-3H3. The molecule has 0 unspecified atom stereocenters. The third-order valence-corrected chi connectivity index (χ3v) is 3.82. The second-order valence-electron chi connectivity index (χ2n) is 5.80. The number of imidazole rings is 1. The summed E-state index contributed by atoms with van der Waals surface area (Å²) in [5, 5.41) is 0. The number of nitrogens with zero attached hydrogens (tertiary/aromatic N) is 2. The first kappa shape index (κ1) is 10.6. The minimum atomic E-state index is 0.490. The van der Waals surface area contributed by atoms with E-state index in [9.17, 15) is 0 Å². The molecule has 0 amide bonds. The molecule has 1 saturated carbocycles. The molecule has 3 rings (SSSR count). The van der Waals surface area contributed by atoms with Gasteiger partial charge in [0, 0.05) is 6.04 Å². The molecule has 1 aromatic carbocycles. The van der Waals surface area contributed by atoms with Crippen LogP contribution in [0.5, 0.6) is 0 Å². The molecule has 0 aliphatic heterocycles. The van der Waals surface area contributed by atoms with Crippen LogP contribution in [0, 0.1) is 5.41 Å². The summed E-state index contributed by atoms with van der Waals surface area (Å²) < 4.78 is 2.33. The molecule has 0 spiro atoms. The van der Waals surface area contributed by atoms with Crippen molar-refractivity contribution in [2.45, 2.75) is 32.7 Å². The predicted octanol–water partition coefficient (Wildman–Crippen LogP) is 4.04. The highest BCUT2D eigenvalue weighted by molar-refractivity contribution is 5.85. The predicted molar refractivity (Wildman–Crippen MR) is 71.9 cm³/mol. The molecule has 1 heterocycles. The van der Waals surface area contributed by atoms with Crippen LogP contribution in [0.1, 0.15) is 38.3 Å². The molecule has 1 aliphatic rings. The van der Waals surface area contributed by atoms with Crippen LogP contribution in [-0.2, 0) is 0 Å². The quantitative estimate of drug-likeness (QED) is 0.755. The smallest absolute Gasteiger partial charge is 0.0961 e. The molecule has 1 aliphatic carbocycles. The number of para-hydroxylation sites is 1. The molecule has 1 fully saturated rings. The molecule has 88 valence electrons. The summed E-state index contributed by atoms with van der Waals surface area (Å²) in [4.78, 5) is 4.49. The lowest BCUT2D eigenvalue weighted by molar-refractivity contribution is 0.107. The molecule has 17 heavy (non-hydrogen) atoms. The summed E-state index contributed by atoms with van der Waals surface area (Å²) in [5.41, 5.74) is 3.99. The molecule has 1 aromatic heterocycles. The van der Waals surface area contributed by atoms with Gasteiger partial charge in [-0.1, -0.05) is 38.6 Å². The summed E-state index contributed by atoms with van der Waals surface area (Å²) in [6.07, 6.45) is 6.38. The molecule has 2 nitrogen and oxygen atoms in total. The van der Waals surface area contributed by atoms with Gasteiger partial charge in [-0.05, 0) is 29.9 Å². The average molecular weight is 226 g/mol. The van der Waals surface area contributed by atoms with Crippen LogP contribution in [-0.4, -0.2) is 9.55 Å². The fourth-order valence-corrected chi connectivity index (χ4v) is 2.97. The van der Waals surface area contributed by atoms with E-state index < -0.39 is 0 Å². The van der Waals surface area contributed by atoms with Gasteiger partial charge in [0.05, 0.1) is 17.4 Å². The lowest BCUT2D eigenvalue weighted by Gasteiger charge is -2.43. The zero-order chi connectivity index (χ0) is 12.0. The van der Waals surface area contributed by atoms with Crippen molar-refractivity contribution in [1.82, 2.24) is 9.55 Å². The Morgan fingerprint density at radius 3 is 2.82 bits per heavy atom. The van der Waals surface area contributed by atoms with E-state index in [1.165, 1.54) is 23.9 Å². The van der Waals surface area contributed by atoms with E-state index in [0.717, 1.165) is 5.52 Å². The summed E-state index contributed by atoms with van der Waals surface area (Å²) in [6, 6.07) is 6.83. The van der Waals surface area contributed by atoms with Gasteiger partial charge in [-0.2, -0.15) is 0 Å². The Morgan fingerprint density at radius 1 is 1.41 bits per heavy atom. The lowest BCUT2D eigenvalue weighted by Crippen LogP contribution is -2.33. The monoisotopic (exact) mass is 226 g/mol. The van der Waals surface area contributed by atoms with Gasteiger partial charge in [-0.15, -0.1) is 0 Å². The highest BCUT2D eigenvalue weighted by Gasteiger charge is 2.37. The maximum Gasteiger partial charge on any atom is 0.0961 e. The van der Waals surface area contributed by atoms with Crippen LogP contribution < -0.4 is 0 Å². The number of rotatable bonds is 2. The van der Waals surface area contributed by atoms with Crippen LogP contribution >= 0.6 is 0 Å². The molecule has 2 aromatic rings. The highest BCUT2D eigenvalue weighted by atomic mass is 15.1. The maximum atomic E-state index is 4.49. The van der Waals surface area contributed by atoms with Crippen molar-refractivity contribution in [1.29, 1.82) is 0 Å². The van der Waals surface area contributed by atoms with Gasteiger partial charge in [-0.3, -0.25) is 0 Å². The summed E-state index contributed by atoms with van der Waals surface area (Å²) in [6.45, 7) is 8.55. The van der Waals surface area contributed by atoms with Crippen LogP contribution in [0.4, 0.5) is 0 Å². The second kappa shape index (κ2) is 3.46. The summed E-state index contributed by atoms with van der Waals surface area (Å²) >= 11 is 0. The third kappa shape index (κ3) is 1.59. The van der Waals surface area contributed by atoms with Crippen molar-refractivity contribution < 1.29 is 0 Å². The fourth-order valence-electron chi connectivity index (χ4n) is 2.97. The van der Waals surface area contributed by atoms with Crippen LogP contribution in [0.3, 0.4) is 0 Å². The number of fused-ring (bicyclic) bond motifs is 1. The van der Waals surface area contributed by atoms with E-state index in [0.29, 0.717) is 11.5 Å². The van der Waals surface area contributed by atoms with Gasteiger partial charge < -0.3 is 4.57 Å². The highest BCUT2D eigenvalue weighted by Crippen LogP contribution is 2.48. The van der Waals surface area contributed by atoms with E-state index >= 15 is 0 Å². The minimum Gasteiger partial charge on any atom is -0.327 e. The van der Waals surface area contributed by atoms with Crippen LogP contribution in [0.2, 0.25) is 0 Å². The lowest BCUT2D eigenvalue weighted by atomic mass is 9.68. The Kier molecular flexibility index (Phi) is 2.15. The molecule has 0 radical (unpaired) electrons. The van der Waals surface area contributed by atoms with E-state index in [-0.39, 0.29) is 0 Å². The molecule has 0 bridgehead atoms. The van der Waals surface area contributed by atoms with E-state index in [1.807, 2.05) is 18.5 Å². The van der Waals surface area contributed by atoms with Gasteiger partial charge in [0.15, 0.2) is 0 Å². The Labute approximate surface area is 102 Å². The van der Waals surface area contributed by atoms with Crippen molar-refractivity contribution in [3.8, 4) is 0 Å². The van der Waals surface area contributed by atoms with Crippen LogP contribution in [0.15, 0.2) is 31.1 Å². The van der Waals surface area contributed by atoms with Crippen LogP contribution in [0.25, 0.3) is 17.1 Å². The SMILES string of the molecule is C=Cc1cccc2ncn(C3CC(C)(C)C3)c12. The zero-order valence-corrected chi connectivity index (χ0v) is 10.5. The largest absolute Gasteiger partial charge is 0.327 e. The number of hydrogen-bond acceptors (Lipinski definition) is 1. The second-order valence-corrected chi connectivity index (χ2v) is 5.80. The molecular formula is C15H18N2. The van der Waals surface area contributed by atoms with Gasteiger partial charge in [0.1, 0.15) is 0 Å². The zero-order valence-electron chi connectivity index (χ0n) is 10.5. The number of hydrogen-bond donors (Lipinski definition) is 0. The van der Waals surface area contributed by atoms with Gasteiger partial charge in [0.2, 0.25) is 0 Å². The first-order valence-corrected chi connectivity index (χ1v) is 6.19. The average Bonchev–Trinajstić information content (AvgIpc) is 2.68. The first-order valence-electron chi connectivity index (χ1n) is 6.19. The van der Waals surface area contributed by atoms with Gasteiger partial charge >= 0.3 is 0 Å². The minimum absolute atomic E-state index is 0.490. The molecule has 0 atom stereocenters. The maximum absolute atomic E-state index is 4.49. The Balaban J connectivity index is 2.09. The Bertz CT molecular complexity index is 570. The molecule has 0 N–H and O–H groups in total. The molecule has 0 saturated heterocycles. The molecule has 2 heteroatoms. The van der Waals surface area contributed by atoms with Crippen molar-refractivity contribution in [2.24, 2.45) is 5.41 Å². The van der Waals surface area contributed by atoms with E-state index in [4.69, 9.17) is 0 Å². The first-order chi connectivity index (χ1) is 8.11. The fraction of sp³-hybridized carbons (Fsp3) is 0.400. The van der Waals surface area contributed by atoms with Crippen molar-refractivity contribution in [3.05, 3.63) is 36.7 Å². The topological polar surface area (TPSA) is 17.8 Å². The summed E-state index contributed by atoms with van der Waals surface area (Å²) in [5.74, 6) is 0. The number of aromatic nitrogens is 2. The van der Waals surface area contributed by atoms with Crippen molar-refractivity contribution >= 4 is 17.1 Å². The third-order valence-electron chi connectivity index (χ3n) is 3.82.